The molecule has 1 amide bonds. The maximum Gasteiger partial charge on any atom is 0.238 e. The first kappa shape index (κ1) is 17.1. The van der Waals surface area contributed by atoms with Crippen LogP contribution in [0.4, 0.5) is 5.69 Å². The molecule has 0 bridgehead atoms. The molecule has 0 spiro atoms. The number of hydrogen-bond donors (Lipinski definition) is 2. The molecule has 122 valence electrons. The first-order valence-corrected chi connectivity index (χ1v) is 7.97. The Morgan fingerprint density at radius 1 is 1.55 bits per heavy atom. The van der Waals surface area contributed by atoms with E-state index in [0.717, 1.165) is 19.5 Å². The SMILES string of the molecule is COc1ccc(NC(=O)CN2CCC(C)C(CN)C2)cc1Cl. The van der Waals surface area contributed by atoms with E-state index < -0.39 is 0 Å². The lowest BCUT2D eigenvalue weighted by Crippen LogP contribution is -2.45. The lowest BCUT2D eigenvalue weighted by molar-refractivity contribution is -0.117. The van der Waals surface area contributed by atoms with Crippen LogP contribution >= 0.6 is 11.6 Å². The van der Waals surface area contributed by atoms with E-state index in [4.69, 9.17) is 22.1 Å². The number of carbonyl (C=O) groups is 1. The number of nitrogens with one attached hydrogen (secondary N) is 1. The summed E-state index contributed by atoms with van der Waals surface area (Å²) in [5, 5.41) is 3.36. The zero-order chi connectivity index (χ0) is 16.1. The van der Waals surface area contributed by atoms with Crippen molar-refractivity contribution in [2.75, 3.05) is 38.6 Å². The van der Waals surface area contributed by atoms with E-state index in [-0.39, 0.29) is 5.91 Å². The average Bonchev–Trinajstić information content (AvgIpc) is 2.49. The van der Waals surface area contributed by atoms with Gasteiger partial charge in [0.15, 0.2) is 0 Å². The van der Waals surface area contributed by atoms with Crippen LogP contribution < -0.4 is 15.8 Å². The van der Waals surface area contributed by atoms with Gasteiger partial charge in [-0.3, -0.25) is 9.69 Å². The van der Waals surface area contributed by atoms with Crippen LogP contribution in [0.25, 0.3) is 0 Å². The standard InChI is InChI=1S/C16H24ClN3O2/c1-11-5-6-20(9-12(11)8-18)10-16(21)19-13-3-4-15(22-2)14(17)7-13/h3-4,7,11-12H,5-6,8-10,18H2,1-2H3,(H,19,21). The number of anilines is 1. The fourth-order valence-corrected chi connectivity index (χ4v) is 3.08. The summed E-state index contributed by atoms with van der Waals surface area (Å²) < 4.78 is 5.10. The minimum atomic E-state index is -0.0356. The van der Waals surface area contributed by atoms with Gasteiger partial charge >= 0.3 is 0 Å². The number of rotatable bonds is 5. The van der Waals surface area contributed by atoms with Crippen molar-refractivity contribution in [1.82, 2.24) is 4.90 Å². The Labute approximate surface area is 136 Å². The van der Waals surface area contributed by atoms with Crippen LogP contribution in [-0.4, -0.2) is 44.1 Å². The highest BCUT2D eigenvalue weighted by molar-refractivity contribution is 6.32. The molecule has 0 aliphatic carbocycles. The van der Waals surface area contributed by atoms with E-state index in [1.165, 1.54) is 0 Å². The molecule has 3 N–H and O–H groups in total. The molecule has 1 aromatic carbocycles. The predicted octanol–water partition coefficient (Wildman–Crippen LogP) is 2.20. The van der Waals surface area contributed by atoms with Gasteiger partial charge in [-0.05, 0) is 49.5 Å². The second-order valence-corrected chi connectivity index (χ2v) is 6.30. The fourth-order valence-electron chi connectivity index (χ4n) is 2.82. The number of nitrogens with two attached hydrogens (primary N) is 1. The predicted molar refractivity (Wildman–Crippen MR) is 89.4 cm³/mol. The maximum atomic E-state index is 12.2. The summed E-state index contributed by atoms with van der Waals surface area (Å²) in [6.45, 7) is 5.11. The Hall–Kier alpha value is -1.30. The number of ether oxygens (including phenoxy) is 1. The van der Waals surface area contributed by atoms with E-state index in [0.29, 0.717) is 41.4 Å². The summed E-state index contributed by atoms with van der Waals surface area (Å²) in [7, 11) is 1.56. The lowest BCUT2D eigenvalue weighted by Gasteiger charge is -2.36. The molecule has 0 radical (unpaired) electrons. The van der Waals surface area contributed by atoms with Crippen LogP contribution in [0.5, 0.6) is 5.75 Å². The van der Waals surface area contributed by atoms with Gasteiger partial charge in [-0.15, -0.1) is 0 Å². The largest absolute Gasteiger partial charge is 0.495 e. The van der Waals surface area contributed by atoms with Crippen LogP contribution in [-0.2, 0) is 4.79 Å². The number of nitrogens with zero attached hydrogens (tertiary/aromatic N) is 1. The third-order valence-electron chi connectivity index (χ3n) is 4.30. The average molecular weight is 326 g/mol. The Morgan fingerprint density at radius 3 is 2.95 bits per heavy atom. The number of halogens is 1. The summed E-state index contributed by atoms with van der Waals surface area (Å²) in [6.07, 6.45) is 1.09. The third-order valence-corrected chi connectivity index (χ3v) is 4.60. The number of piperidine rings is 1. The molecule has 22 heavy (non-hydrogen) atoms. The Bertz CT molecular complexity index is 524. The van der Waals surface area contributed by atoms with Gasteiger partial charge in [0.25, 0.3) is 0 Å². The molecule has 5 nitrogen and oxygen atoms in total. The molecule has 6 heteroatoms. The molecular formula is C16H24ClN3O2. The second-order valence-electron chi connectivity index (χ2n) is 5.89. The number of carbonyl (C=O) groups excluding carboxylic acids is 1. The smallest absolute Gasteiger partial charge is 0.238 e. The van der Waals surface area contributed by atoms with Crippen LogP contribution in [0.2, 0.25) is 5.02 Å². The van der Waals surface area contributed by atoms with Gasteiger partial charge in [0.2, 0.25) is 5.91 Å². The van der Waals surface area contributed by atoms with Gasteiger partial charge < -0.3 is 15.8 Å². The number of amides is 1. The van der Waals surface area contributed by atoms with E-state index in [1.54, 1.807) is 25.3 Å². The van der Waals surface area contributed by atoms with Crippen molar-refractivity contribution in [3.63, 3.8) is 0 Å². The van der Waals surface area contributed by atoms with Crippen LogP contribution in [0.1, 0.15) is 13.3 Å². The maximum absolute atomic E-state index is 12.2. The van der Waals surface area contributed by atoms with Crippen molar-refractivity contribution in [1.29, 1.82) is 0 Å². The molecule has 1 heterocycles. The second kappa shape index (κ2) is 7.81. The molecule has 1 aromatic rings. The molecule has 2 unspecified atom stereocenters. The molecule has 0 saturated carbocycles. The minimum absolute atomic E-state index is 0.0356. The third kappa shape index (κ3) is 4.35. The molecule has 1 fully saturated rings. The summed E-state index contributed by atoms with van der Waals surface area (Å²) in [5.41, 5.74) is 6.48. The number of benzene rings is 1. The van der Waals surface area contributed by atoms with Crippen molar-refractivity contribution in [2.24, 2.45) is 17.6 Å². The molecule has 1 aliphatic rings. The van der Waals surface area contributed by atoms with Crippen molar-refractivity contribution >= 4 is 23.2 Å². The Morgan fingerprint density at radius 2 is 2.32 bits per heavy atom. The zero-order valence-corrected chi connectivity index (χ0v) is 13.9. The summed E-state index contributed by atoms with van der Waals surface area (Å²) in [5.74, 6) is 1.66. The highest BCUT2D eigenvalue weighted by atomic mass is 35.5. The fraction of sp³-hybridized carbons (Fsp3) is 0.562. The number of methoxy groups -OCH3 is 1. The van der Waals surface area contributed by atoms with Crippen molar-refractivity contribution in [3.8, 4) is 5.75 Å². The van der Waals surface area contributed by atoms with E-state index >= 15 is 0 Å². The van der Waals surface area contributed by atoms with E-state index in [9.17, 15) is 4.79 Å². The summed E-state index contributed by atoms with van der Waals surface area (Å²) >= 11 is 6.06. The molecule has 1 aliphatic heterocycles. The van der Waals surface area contributed by atoms with Gasteiger partial charge in [-0.2, -0.15) is 0 Å². The minimum Gasteiger partial charge on any atom is -0.495 e. The topological polar surface area (TPSA) is 67.6 Å². The molecule has 1 saturated heterocycles. The molecule has 2 rings (SSSR count). The normalized spacial score (nSPS) is 22.4. The molecule has 0 aromatic heterocycles. The van der Waals surface area contributed by atoms with Crippen LogP contribution in [0.3, 0.4) is 0 Å². The quantitative estimate of drug-likeness (QED) is 0.871. The Kier molecular flexibility index (Phi) is 6.06. The highest BCUT2D eigenvalue weighted by Crippen LogP contribution is 2.27. The van der Waals surface area contributed by atoms with E-state index in [2.05, 4.69) is 17.1 Å². The first-order valence-electron chi connectivity index (χ1n) is 7.59. The van der Waals surface area contributed by atoms with Gasteiger partial charge in [0.1, 0.15) is 5.75 Å². The molecular weight excluding hydrogens is 302 g/mol. The highest BCUT2D eigenvalue weighted by Gasteiger charge is 2.26. The number of likely N-dealkylation sites (tertiary alicyclic amines) is 1. The van der Waals surface area contributed by atoms with Gasteiger partial charge in [-0.1, -0.05) is 18.5 Å². The van der Waals surface area contributed by atoms with Crippen molar-refractivity contribution < 1.29 is 9.53 Å². The van der Waals surface area contributed by atoms with Crippen LogP contribution in [0.15, 0.2) is 18.2 Å². The van der Waals surface area contributed by atoms with E-state index in [1.807, 2.05) is 0 Å². The lowest BCUT2D eigenvalue weighted by atomic mass is 9.87. The van der Waals surface area contributed by atoms with Gasteiger partial charge in [0, 0.05) is 12.2 Å². The van der Waals surface area contributed by atoms with Crippen LogP contribution in [0, 0.1) is 11.8 Å². The van der Waals surface area contributed by atoms with Gasteiger partial charge in [-0.25, -0.2) is 0 Å². The Balaban J connectivity index is 1.89. The first-order chi connectivity index (χ1) is 10.5. The van der Waals surface area contributed by atoms with Crippen molar-refractivity contribution in [2.45, 2.75) is 13.3 Å². The summed E-state index contributed by atoms with van der Waals surface area (Å²) in [6, 6.07) is 5.22. The number of hydrogen-bond acceptors (Lipinski definition) is 4. The molecule has 2 atom stereocenters. The monoisotopic (exact) mass is 325 g/mol. The van der Waals surface area contributed by atoms with Crippen molar-refractivity contribution in [3.05, 3.63) is 23.2 Å². The van der Waals surface area contributed by atoms with Gasteiger partial charge in [0.05, 0.1) is 18.7 Å². The zero-order valence-electron chi connectivity index (χ0n) is 13.1. The summed E-state index contributed by atoms with van der Waals surface area (Å²) in [4.78, 5) is 14.3.